The lowest BCUT2D eigenvalue weighted by atomic mass is 9.91. The van der Waals surface area contributed by atoms with Crippen LogP contribution < -0.4 is 15.4 Å². The zero-order valence-corrected chi connectivity index (χ0v) is 30.0. The number of ether oxygens (including phenoxy) is 1. The highest BCUT2D eigenvalue weighted by Gasteiger charge is 2.47. The first-order chi connectivity index (χ1) is 23.9. The van der Waals surface area contributed by atoms with Crippen molar-refractivity contribution in [1.29, 1.82) is 5.26 Å². The van der Waals surface area contributed by atoms with Crippen LogP contribution in [0.3, 0.4) is 0 Å². The highest BCUT2D eigenvalue weighted by molar-refractivity contribution is 6.12. The standard InChI is InChI=1S/C38H39F3N6O4/c1-18(2)30-31(20(4)12-13-43-30)47-32-22(14-25(40)28(29(32)41)27-19(3)10-11-24(39)23(27)15-42)33-34(36(47)49)44(9)35(48)26-17-45(21(5)16-46(26)33)37(50)51-38(6,7)8/h10-14,18,21,26H,16-17H2,1-9H3/t21-,26-/m1/s1. The number of amides is 2. The molecule has 1 fully saturated rings. The molecular formula is C38H39F3N6O4. The lowest BCUT2D eigenvalue weighted by Crippen LogP contribution is -2.66. The fourth-order valence-electron chi connectivity index (χ4n) is 7.22. The molecule has 2 amide bonds. The van der Waals surface area contributed by atoms with Gasteiger partial charge in [0.25, 0.3) is 11.5 Å². The second-order valence-electron chi connectivity index (χ2n) is 14.6. The van der Waals surface area contributed by atoms with Crippen molar-refractivity contribution in [2.45, 2.75) is 79.0 Å². The molecule has 10 nitrogen and oxygen atoms in total. The van der Waals surface area contributed by atoms with Crippen LogP contribution in [0.25, 0.3) is 27.7 Å². The van der Waals surface area contributed by atoms with Gasteiger partial charge in [0.2, 0.25) is 0 Å². The minimum absolute atomic E-state index is 0.0314. The van der Waals surface area contributed by atoms with Gasteiger partial charge in [0, 0.05) is 36.8 Å². The number of hydrogen-bond donors (Lipinski definition) is 0. The van der Waals surface area contributed by atoms with Gasteiger partial charge in [0.1, 0.15) is 35.0 Å². The highest BCUT2D eigenvalue weighted by atomic mass is 19.1. The largest absolute Gasteiger partial charge is 0.444 e. The van der Waals surface area contributed by atoms with Crippen LogP contribution in [0, 0.1) is 42.6 Å². The van der Waals surface area contributed by atoms with Crippen LogP contribution in [0.15, 0.2) is 35.3 Å². The number of carbonyl (C=O) groups excluding carboxylic acids is 2. The van der Waals surface area contributed by atoms with Crippen molar-refractivity contribution >= 4 is 34.3 Å². The third-order valence-corrected chi connectivity index (χ3v) is 9.56. The smallest absolute Gasteiger partial charge is 0.410 e. The van der Waals surface area contributed by atoms with Gasteiger partial charge in [-0.15, -0.1) is 0 Å². The molecule has 4 aromatic rings. The summed E-state index contributed by atoms with van der Waals surface area (Å²) in [5.41, 5.74) is -1.87. The van der Waals surface area contributed by atoms with E-state index in [9.17, 15) is 24.0 Å². The summed E-state index contributed by atoms with van der Waals surface area (Å²) >= 11 is 0. The minimum atomic E-state index is -1.19. The molecule has 0 saturated carbocycles. The van der Waals surface area contributed by atoms with E-state index >= 15 is 8.78 Å². The molecule has 6 rings (SSSR count). The van der Waals surface area contributed by atoms with Gasteiger partial charge in [-0.25, -0.2) is 18.0 Å². The number of nitrogens with zero attached hydrogens (tertiary/aromatic N) is 6. The lowest BCUT2D eigenvalue weighted by molar-refractivity contribution is -0.121. The number of nitriles is 1. The normalized spacial score (nSPS) is 17.5. The van der Waals surface area contributed by atoms with Crippen molar-refractivity contribution in [2.24, 2.45) is 0 Å². The molecule has 0 radical (unpaired) electrons. The Kier molecular flexibility index (Phi) is 8.64. The minimum Gasteiger partial charge on any atom is -0.444 e. The van der Waals surface area contributed by atoms with Crippen LogP contribution in [0.5, 0.6) is 0 Å². The average molecular weight is 701 g/mol. The monoisotopic (exact) mass is 700 g/mol. The average Bonchev–Trinajstić information content (AvgIpc) is 3.04. The number of halogens is 3. The van der Waals surface area contributed by atoms with Crippen molar-refractivity contribution < 1.29 is 27.5 Å². The van der Waals surface area contributed by atoms with Crippen molar-refractivity contribution in [3.05, 3.63) is 80.7 Å². The van der Waals surface area contributed by atoms with Gasteiger partial charge in [-0.1, -0.05) is 19.9 Å². The Hall–Kier alpha value is -5.38. The molecule has 2 aliphatic heterocycles. The van der Waals surface area contributed by atoms with Crippen LogP contribution in [0.1, 0.15) is 69.8 Å². The van der Waals surface area contributed by atoms with Crippen LogP contribution >= 0.6 is 0 Å². The van der Waals surface area contributed by atoms with E-state index in [1.54, 1.807) is 57.9 Å². The van der Waals surface area contributed by atoms with Crippen LogP contribution in [-0.2, 0) is 9.53 Å². The van der Waals surface area contributed by atoms with Gasteiger partial charge in [-0.3, -0.25) is 19.1 Å². The first-order valence-electron chi connectivity index (χ1n) is 16.7. The summed E-state index contributed by atoms with van der Waals surface area (Å²) in [6, 6.07) is 5.31. The van der Waals surface area contributed by atoms with Gasteiger partial charge >= 0.3 is 6.09 Å². The zero-order valence-electron chi connectivity index (χ0n) is 30.0. The Balaban J connectivity index is 1.75. The van der Waals surface area contributed by atoms with Crippen molar-refractivity contribution in [3.8, 4) is 22.9 Å². The van der Waals surface area contributed by atoms with Gasteiger partial charge in [-0.2, -0.15) is 5.26 Å². The van der Waals surface area contributed by atoms with Crippen molar-refractivity contribution in [3.63, 3.8) is 0 Å². The maximum absolute atomic E-state index is 17.6. The summed E-state index contributed by atoms with van der Waals surface area (Å²) in [4.78, 5) is 51.1. The third kappa shape index (κ3) is 5.57. The molecule has 0 spiro atoms. The molecule has 13 heteroatoms. The Morgan fingerprint density at radius 1 is 1.00 bits per heavy atom. The summed E-state index contributed by atoms with van der Waals surface area (Å²) < 4.78 is 56.0. The Bertz CT molecular complexity index is 2250. The second kappa shape index (κ2) is 12.4. The maximum atomic E-state index is 17.6. The molecule has 2 aliphatic rings. The lowest BCUT2D eigenvalue weighted by Gasteiger charge is -2.50. The van der Waals surface area contributed by atoms with E-state index in [-0.39, 0.29) is 58.1 Å². The molecular weight excluding hydrogens is 661 g/mol. The number of piperazine rings is 1. The number of likely N-dealkylation sites (N-methyl/N-ethyl adjacent to an activating group) is 1. The summed E-state index contributed by atoms with van der Waals surface area (Å²) in [5.74, 6) is -3.98. The first-order valence-corrected chi connectivity index (χ1v) is 16.7. The molecule has 2 aromatic carbocycles. The number of fused-ring (bicyclic) bond motifs is 5. The third-order valence-electron chi connectivity index (χ3n) is 9.56. The maximum Gasteiger partial charge on any atom is 0.410 e. The van der Waals surface area contributed by atoms with E-state index in [2.05, 4.69) is 4.98 Å². The molecule has 0 N–H and O–H groups in total. The van der Waals surface area contributed by atoms with E-state index in [0.717, 1.165) is 16.7 Å². The topological polar surface area (TPSA) is 112 Å². The van der Waals surface area contributed by atoms with Crippen LogP contribution in [0.2, 0.25) is 0 Å². The Labute approximate surface area is 293 Å². The van der Waals surface area contributed by atoms with E-state index in [1.165, 1.54) is 29.8 Å². The number of benzene rings is 2. The van der Waals surface area contributed by atoms with E-state index < -0.39 is 63.8 Å². The fraction of sp³-hybridized carbons (Fsp3) is 0.395. The number of anilines is 2. The number of hydrogen-bond acceptors (Lipinski definition) is 7. The van der Waals surface area contributed by atoms with E-state index in [4.69, 9.17) is 4.74 Å². The molecule has 266 valence electrons. The molecule has 1 saturated heterocycles. The van der Waals surface area contributed by atoms with Crippen molar-refractivity contribution in [2.75, 3.05) is 29.9 Å². The van der Waals surface area contributed by atoms with Crippen LogP contribution in [0.4, 0.5) is 29.3 Å². The number of carbonyl (C=O) groups is 2. The first kappa shape index (κ1) is 35.4. The number of rotatable bonds is 3. The van der Waals surface area contributed by atoms with E-state index in [1.807, 2.05) is 13.8 Å². The van der Waals surface area contributed by atoms with Gasteiger partial charge < -0.3 is 19.4 Å². The molecule has 0 aliphatic carbocycles. The molecule has 51 heavy (non-hydrogen) atoms. The Morgan fingerprint density at radius 3 is 2.31 bits per heavy atom. The molecule has 2 atom stereocenters. The summed E-state index contributed by atoms with van der Waals surface area (Å²) in [6.07, 6.45) is 0.951. The molecule has 4 heterocycles. The summed E-state index contributed by atoms with van der Waals surface area (Å²) in [5, 5.41) is 9.87. The molecule has 2 aromatic heterocycles. The van der Waals surface area contributed by atoms with Crippen LogP contribution in [-0.4, -0.2) is 64.3 Å². The highest BCUT2D eigenvalue weighted by Crippen LogP contribution is 2.46. The SMILES string of the molecule is Cc1ccc(F)c(C#N)c1-c1c(F)cc2c3c(c(=O)n(-c4c(C)ccnc4C(C)C)c2c1F)N(C)C(=O)[C@H]1CN(C(=O)OC(C)(C)C)[C@H](C)CN31. The predicted molar refractivity (Wildman–Crippen MR) is 188 cm³/mol. The Morgan fingerprint density at radius 2 is 1.69 bits per heavy atom. The fourth-order valence-corrected chi connectivity index (χ4v) is 7.22. The number of aromatic nitrogens is 2. The van der Waals surface area contributed by atoms with E-state index in [0.29, 0.717) is 11.3 Å². The van der Waals surface area contributed by atoms with Crippen molar-refractivity contribution in [1.82, 2.24) is 14.5 Å². The summed E-state index contributed by atoms with van der Waals surface area (Å²) in [7, 11) is 1.42. The zero-order chi connectivity index (χ0) is 37.4. The summed E-state index contributed by atoms with van der Waals surface area (Å²) in [6.45, 7) is 13.8. The van der Waals surface area contributed by atoms with Gasteiger partial charge in [0.05, 0.1) is 40.3 Å². The number of pyridine rings is 2. The van der Waals surface area contributed by atoms with Gasteiger partial charge in [-0.05, 0) is 76.8 Å². The molecule has 0 bridgehead atoms. The second-order valence-corrected chi connectivity index (χ2v) is 14.6. The predicted octanol–water partition coefficient (Wildman–Crippen LogP) is 6.87. The molecule has 0 unspecified atom stereocenters. The van der Waals surface area contributed by atoms with Gasteiger partial charge in [0.15, 0.2) is 5.82 Å². The number of aryl methyl sites for hydroxylation is 2. The quantitative estimate of drug-likeness (QED) is 0.229.